The predicted octanol–water partition coefficient (Wildman–Crippen LogP) is 1.56. The molecule has 23 heavy (non-hydrogen) atoms. The Balaban J connectivity index is 2.02. The topological polar surface area (TPSA) is 86.9 Å². The molecule has 2 heterocycles. The minimum absolute atomic E-state index is 0.00325. The van der Waals surface area contributed by atoms with Crippen LogP contribution in [-0.4, -0.2) is 41.3 Å². The fourth-order valence-electron chi connectivity index (χ4n) is 2.10. The lowest BCUT2D eigenvalue weighted by Crippen LogP contribution is -2.35. The van der Waals surface area contributed by atoms with Crippen LogP contribution in [0.1, 0.15) is 23.2 Å². The largest absolute Gasteiger partial charge is 0.354 e. The first-order valence-corrected chi connectivity index (χ1v) is 9.33. The zero-order valence-corrected chi connectivity index (χ0v) is 15.4. The Labute approximate surface area is 143 Å². The van der Waals surface area contributed by atoms with Crippen molar-refractivity contribution in [2.75, 3.05) is 20.1 Å². The second-order valence-electron chi connectivity index (χ2n) is 5.32. The molecule has 0 bridgehead atoms. The van der Waals surface area contributed by atoms with E-state index in [0.717, 1.165) is 21.8 Å². The number of thioether (sulfide) groups is 1. The second-order valence-corrected chi connectivity index (χ2v) is 7.86. The summed E-state index contributed by atoms with van der Waals surface area (Å²) in [7, 11) is 1.84. The Bertz CT molecular complexity index is 754. The van der Waals surface area contributed by atoms with Crippen LogP contribution in [0.3, 0.4) is 0 Å². The van der Waals surface area contributed by atoms with Crippen LogP contribution in [0.15, 0.2) is 4.79 Å². The van der Waals surface area contributed by atoms with Crippen LogP contribution in [0, 0.1) is 13.8 Å². The highest BCUT2D eigenvalue weighted by Crippen LogP contribution is 2.26. The first kappa shape index (κ1) is 18.0. The maximum atomic E-state index is 12.2. The van der Waals surface area contributed by atoms with Crippen molar-refractivity contribution >= 4 is 39.2 Å². The smallest absolute Gasteiger partial charge is 0.259 e. The average molecular weight is 355 g/mol. The first-order valence-electron chi connectivity index (χ1n) is 7.46. The highest BCUT2D eigenvalue weighted by Gasteiger charge is 2.15. The van der Waals surface area contributed by atoms with Crippen molar-refractivity contribution in [3.05, 3.63) is 26.6 Å². The lowest BCUT2D eigenvalue weighted by molar-refractivity contribution is -0.120. The van der Waals surface area contributed by atoms with E-state index in [9.17, 15) is 9.59 Å². The van der Waals surface area contributed by atoms with Crippen LogP contribution < -0.4 is 16.2 Å². The molecule has 0 fully saturated rings. The summed E-state index contributed by atoms with van der Waals surface area (Å²) in [6, 6.07) is 0. The summed E-state index contributed by atoms with van der Waals surface area (Å²) >= 11 is 3.00. The summed E-state index contributed by atoms with van der Waals surface area (Å²) in [6.45, 7) is 7.14. The first-order chi connectivity index (χ1) is 10.9. The maximum absolute atomic E-state index is 12.2. The van der Waals surface area contributed by atoms with E-state index in [1.165, 1.54) is 23.1 Å². The van der Waals surface area contributed by atoms with E-state index in [-0.39, 0.29) is 16.7 Å². The van der Waals surface area contributed by atoms with Gasteiger partial charge in [-0.1, -0.05) is 0 Å². The number of nitrogens with zero attached hydrogens (tertiary/aromatic N) is 1. The Morgan fingerprint density at radius 3 is 2.83 bits per heavy atom. The van der Waals surface area contributed by atoms with Gasteiger partial charge in [-0.15, -0.1) is 23.1 Å². The summed E-state index contributed by atoms with van der Waals surface area (Å²) in [5, 5.41) is 6.32. The molecule has 2 rings (SSSR count). The molecule has 1 amide bonds. The van der Waals surface area contributed by atoms with E-state index in [2.05, 4.69) is 20.6 Å². The Morgan fingerprint density at radius 1 is 1.39 bits per heavy atom. The van der Waals surface area contributed by atoms with Gasteiger partial charge in [0.1, 0.15) is 10.7 Å². The number of thiophene rings is 1. The molecule has 0 saturated heterocycles. The molecule has 0 aliphatic heterocycles. The molecule has 1 atom stereocenters. The van der Waals surface area contributed by atoms with Gasteiger partial charge in [-0.25, -0.2) is 4.98 Å². The van der Waals surface area contributed by atoms with Crippen LogP contribution in [0.2, 0.25) is 0 Å². The van der Waals surface area contributed by atoms with Crippen molar-refractivity contribution in [3.8, 4) is 0 Å². The minimum atomic E-state index is -0.195. The zero-order chi connectivity index (χ0) is 17.0. The summed E-state index contributed by atoms with van der Waals surface area (Å²) < 4.78 is 0. The van der Waals surface area contributed by atoms with E-state index in [0.29, 0.717) is 23.5 Å². The molecule has 126 valence electrons. The molecule has 0 spiro atoms. The van der Waals surface area contributed by atoms with E-state index < -0.39 is 0 Å². The molecule has 0 aliphatic rings. The number of hydrogen-bond donors (Lipinski definition) is 3. The van der Waals surface area contributed by atoms with E-state index in [1.807, 2.05) is 27.8 Å². The molecule has 8 heteroatoms. The highest BCUT2D eigenvalue weighted by molar-refractivity contribution is 7.99. The van der Waals surface area contributed by atoms with Gasteiger partial charge >= 0.3 is 0 Å². The van der Waals surface area contributed by atoms with Crippen molar-refractivity contribution in [2.45, 2.75) is 31.8 Å². The third kappa shape index (κ3) is 4.33. The van der Waals surface area contributed by atoms with Gasteiger partial charge in [0.05, 0.1) is 16.4 Å². The number of aryl methyl sites for hydroxylation is 2. The molecule has 0 aliphatic carbocycles. The number of nitrogens with one attached hydrogen (secondary N) is 3. The number of aromatic nitrogens is 2. The van der Waals surface area contributed by atoms with Crippen LogP contribution in [0.5, 0.6) is 0 Å². The van der Waals surface area contributed by atoms with Gasteiger partial charge in [-0.05, 0) is 33.4 Å². The number of rotatable bonds is 7. The Morgan fingerprint density at radius 2 is 2.13 bits per heavy atom. The molecule has 2 aromatic rings. The Kier molecular flexibility index (Phi) is 6.20. The number of carbonyl (C=O) groups excluding carboxylic acids is 1. The summed E-state index contributed by atoms with van der Waals surface area (Å²) in [6.07, 6.45) is 0. The predicted molar refractivity (Wildman–Crippen MR) is 97.4 cm³/mol. The van der Waals surface area contributed by atoms with Crippen LogP contribution in [0.4, 0.5) is 0 Å². The van der Waals surface area contributed by atoms with E-state index in [1.54, 1.807) is 0 Å². The fourth-order valence-corrected chi connectivity index (χ4v) is 3.93. The summed E-state index contributed by atoms with van der Waals surface area (Å²) in [4.78, 5) is 33.4. The van der Waals surface area contributed by atoms with Crippen molar-refractivity contribution in [1.29, 1.82) is 0 Å². The van der Waals surface area contributed by atoms with Gasteiger partial charge in [0.2, 0.25) is 5.91 Å². The van der Waals surface area contributed by atoms with Gasteiger partial charge < -0.3 is 15.6 Å². The monoisotopic (exact) mass is 354 g/mol. The molecule has 3 N–H and O–H groups in total. The summed E-state index contributed by atoms with van der Waals surface area (Å²) in [5.74, 6) is 1.11. The lowest BCUT2D eigenvalue weighted by atomic mass is 10.2. The third-order valence-electron chi connectivity index (χ3n) is 3.60. The molecule has 0 radical (unpaired) electrons. The molecule has 0 aromatic carbocycles. The number of H-pyrrole nitrogens is 1. The average Bonchev–Trinajstić information content (AvgIpc) is 2.80. The van der Waals surface area contributed by atoms with Crippen LogP contribution in [-0.2, 0) is 10.5 Å². The lowest BCUT2D eigenvalue weighted by Gasteiger charge is -2.11. The number of fused-ring (bicyclic) bond motifs is 1. The van der Waals surface area contributed by atoms with Crippen LogP contribution in [0.25, 0.3) is 10.2 Å². The van der Waals surface area contributed by atoms with E-state index >= 15 is 0 Å². The SMILES string of the molecule is CNCCNC(=O)C(C)SCc1nc2sc(C)c(C)c2c(=O)[nH]1. The number of carbonyl (C=O) groups is 1. The van der Waals surface area contributed by atoms with Gasteiger partial charge in [0.15, 0.2) is 0 Å². The maximum Gasteiger partial charge on any atom is 0.259 e. The Hall–Kier alpha value is -1.38. The van der Waals surface area contributed by atoms with Crippen LogP contribution >= 0.6 is 23.1 Å². The molecular formula is C15H22N4O2S2. The highest BCUT2D eigenvalue weighted by atomic mass is 32.2. The minimum Gasteiger partial charge on any atom is -0.354 e. The van der Waals surface area contributed by atoms with Gasteiger partial charge in [-0.3, -0.25) is 9.59 Å². The van der Waals surface area contributed by atoms with Gasteiger partial charge in [-0.2, -0.15) is 0 Å². The van der Waals surface area contributed by atoms with Crippen molar-refractivity contribution in [3.63, 3.8) is 0 Å². The number of amides is 1. The van der Waals surface area contributed by atoms with E-state index in [4.69, 9.17) is 0 Å². The van der Waals surface area contributed by atoms with Crippen molar-refractivity contribution in [1.82, 2.24) is 20.6 Å². The number of likely N-dealkylation sites (N-methyl/N-ethyl adjacent to an activating group) is 1. The standard InChI is InChI=1S/C15H22N4O2S2/c1-8-9(2)23-15-12(8)14(21)18-11(19-15)7-22-10(3)13(20)17-6-5-16-4/h10,16H,5-7H2,1-4H3,(H,17,20)(H,18,19,21). The number of aromatic amines is 1. The molecule has 6 nitrogen and oxygen atoms in total. The second kappa shape index (κ2) is 7.94. The normalized spacial score (nSPS) is 12.5. The molecular weight excluding hydrogens is 332 g/mol. The molecule has 2 aromatic heterocycles. The fraction of sp³-hybridized carbons (Fsp3) is 0.533. The third-order valence-corrected chi connectivity index (χ3v) is 5.86. The molecule has 1 unspecified atom stereocenters. The van der Waals surface area contributed by atoms with Gasteiger partial charge in [0, 0.05) is 18.0 Å². The quantitative estimate of drug-likeness (QED) is 0.657. The van der Waals surface area contributed by atoms with Crippen molar-refractivity contribution in [2.24, 2.45) is 0 Å². The molecule has 0 saturated carbocycles. The number of hydrogen-bond acceptors (Lipinski definition) is 6. The zero-order valence-electron chi connectivity index (χ0n) is 13.8. The van der Waals surface area contributed by atoms with Crippen molar-refractivity contribution < 1.29 is 4.79 Å². The summed E-state index contributed by atoms with van der Waals surface area (Å²) in [5.41, 5.74) is 0.897. The van der Waals surface area contributed by atoms with Gasteiger partial charge in [0.25, 0.3) is 5.56 Å².